The lowest BCUT2D eigenvalue weighted by atomic mass is 9.92. The topological polar surface area (TPSA) is 66.2 Å². The second kappa shape index (κ2) is 8.56. The van der Waals surface area contributed by atoms with E-state index in [-0.39, 0.29) is 16.9 Å². The predicted molar refractivity (Wildman–Crippen MR) is 109 cm³/mol. The summed E-state index contributed by atoms with van der Waals surface area (Å²) in [6.07, 6.45) is -3.54. The lowest BCUT2D eigenvalue weighted by Crippen LogP contribution is -2.39. The fourth-order valence-corrected chi connectivity index (χ4v) is 3.70. The molecule has 3 heterocycles. The second-order valence-electron chi connectivity index (χ2n) is 7.60. The van der Waals surface area contributed by atoms with Crippen molar-refractivity contribution in [3.63, 3.8) is 0 Å². The van der Waals surface area contributed by atoms with E-state index in [0.29, 0.717) is 37.2 Å². The first-order chi connectivity index (χ1) is 13.6. The van der Waals surface area contributed by atoms with Gasteiger partial charge in [0, 0.05) is 19.2 Å². The Morgan fingerprint density at radius 3 is 2.52 bits per heavy atom. The highest BCUT2D eigenvalue weighted by Gasteiger charge is 2.35. The molecule has 0 radical (unpaired) electrons. The third-order valence-corrected chi connectivity index (χ3v) is 4.89. The van der Waals surface area contributed by atoms with Gasteiger partial charge in [-0.1, -0.05) is 13.8 Å². The molecule has 0 aliphatic carbocycles. The van der Waals surface area contributed by atoms with Crippen LogP contribution in [0.1, 0.15) is 37.5 Å². The number of halogens is 3. The van der Waals surface area contributed by atoms with Crippen molar-refractivity contribution in [1.82, 2.24) is 15.3 Å². The van der Waals surface area contributed by atoms with Crippen molar-refractivity contribution in [2.24, 2.45) is 11.8 Å². The van der Waals surface area contributed by atoms with Gasteiger partial charge in [-0.3, -0.25) is 0 Å². The molecule has 3 rings (SSSR count). The van der Waals surface area contributed by atoms with Crippen molar-refractivity contribution in [1.29, 1.82) is 0 Å². The molecule has 29 heavy (non-hydrogen) atoms. The first kappa shape index (κ1) is 21.4. The number of hydrogen-bond donors (Lipinski definition) is 2. The Morgan fingerprint density at radius 2 is 1.93 bits per heavy atom. The zero-order chi connectivity index (χ0) is 21.2. The quantitative estimate of drug-likeness (QED) is 0.703. The number of aryl methyl sites for hydroxylation is 1. The molecule has 0 saturated carbocycles. The summed E-state index contributed by atoms with van der Waals surface area (Å²) in [5.74, 6) is 2.23. The fraction of sp³-hybridized carbons (Fsp3) is 0.526. The number of hydrogen-bond acceptors (Lipinski definition) is 5. The van der Waals surface area contributed by atoms with E-state index in [1.54, 1.807) is 6.07 Å². The summed E-state index contributed by atoms with van der Waals surface area (Å²) in [6.45, 7) is 7.59. The molecular formula is C19H24F3N5OS. The minimum atomic E-state index is -4.58. The van der Waals surface area contributed by atoms with E-state index in [1.165, 1.54) is 0 Å². The molecule has 10 heteroatoms. The standard InChI is InChI=1S/C19H24F3N5OS/c1-11-6-12(2)10-27(9-11)16-7-15(19(20,21)22)24-17(25-16)26-18(29)23-8-14-5-4-13(3)28-14/h4-5,7,11-12H,6,8-10H2,1-3H3,(H2,23,24,25,26,29). The van der Waals surface area contributed by atoms with Crippen molar-refractivity contribution in [3.8, 4) is 0 Å². The van der Waals surface area contributed by atoms with Crippen LogP contribution in [0.3, 0.4) is 0 Å². The summed E-state index contributed by atoms with van der Waals surface area (Å²) in [5.41, 5.74) is -1.000. The predicted octanol–water partition coefficient (Wildman–Crippen LogP) is 4.37. The van der Waals surface area contributed by atoms with E-state index in [0.717, 1.165) is 18.2 Å². The number of thiocarbonyl (C=S) groups is 1. The molecule has 2 unspecified atom stereocenters. The number of alkyl halides is 3. The van der Waals surface area contributed by atoms with Crippen molar-refractivity contribution >= 4 is 29.1 Å². The molecular weight excluding hydrogens is 403 g/mol. The summed E-state index contributed by atoms with van der Waals surface area (Å²) >= 11 is 5.18. The van der Waals surface area contributed by atoms with Gasteiger partial charge in [-0.2, -0.15) is 18.2 Å². The van der Waals surface area contributed by atoms with Gasteiger partial charge in [0.25, 0.3) is 0 Å². The van der Waals surface area contributed by atoms with Crippen molar-refractivity contribution in [3.05, 3.63) is 35.4 Å². The zero-order valence-electron chi connectivity index (χ0n) is 16.5. The average Bonchev–Trinajstić information content (AvgIpc) is 3.03. The Labute approximate surface area is 172 Å². The molecule has 0 aromatic carbocycles. The highest BCUT2D eigenvalue weighted by molar-refractivity contribution is 7.80. The van der Waals surface area contributed by atoms with Crippen LogP contribution in [0.25, 0.3) is 0 Å². The molecule has 0 amide bonds. The van der Waals surface area contributed by atoms with Crippen LogP contribution >= 0.6 is 12.2 Å². The number of nitrogens with zero attached hydrogens (tertiary/aromatic N) is 3. The zero-order valence-corrected chi connectivity index (χ0v) is 17.3. The number of anilines is 2. The van der Waals surface area contributed by atoms with Gasteiger partial charge in [-0.15, -0.1) is 0 Å². The van der Waals surface area contributed by atoms with E-state index in [1.807, 2.05) is 17.9 Å². The highest BCUT2D eigenvalue weighted by atomic mass is 32.1. The van der Waals surface area contributed by atoms with Crippen LogP contribution in [-0.2, 0) is 12.7 Å². The molecule has 1 aliphatic heterocycles. The van der Waals surface area contributed by atoms with Crippen LogP contribution in [0.2, 0.25) is 0 Å². The summed E-state index contributed by atoms with van der Waals surface area (Å²) < 4.78 is 45.6. The summed E-state index contributed by atoms with van der Waals surface area (Å²) in [4.78, 5) is 9.78. The van der Waals surface area contributed by atoms with E-state index in [4.69, 9.17) is 16.6 Å². The smallest absolute Gasteiger partial charge is 0.433 e. The van der Waals surface area contributed by atoms with Gasteiger partial charge in [-0.25, -0.2) is 4.98 Å². The number of nitrogens with one attached hydrogen (secondary N) is 2. The SMILES string of the molecule is Cc1ccc(CNC(=S)Nc2nc(N3CC(C)CC(C)C3)cc(C(F)(F)F)n2)o1. The maximum Gasteiger partial charge on any atom is 0.433 e. The lowest BCUT2D eigenvalue weighted by Gasteiger charge is -2.36. The van der Waals surface area contributed by atoms with Gasteiger partial charge in [0.1, 0.15) is 17.3 Å². The van der Waals surface area contributed by atoms with Gasteiger partial charge in [0.2, 0.25) is 5.95 Å². The molecule has 6 nitrogen and oxygen atoms in total. The molecule has 2 aromatic rings. The first-order valence-corrected chi connectivity index (χ1v) is 9.82. The van der Waals surface area contributed by atoms with Crippen molar-refractivity contribution in [2.75, 3.05) is 23.3 Å². The van der Waals surface area contributed by atoms with Gasteiger partial charge in [0.05, 0.1) is 6.54 Å². The van der Waals surface area contributed by atoms with Crippen LogP contribution in [0.15, 0.2) is 22.6 Å². The third kappa shape index (κ3) is 5.81. The third-order valence-electron chi connectivity index (χ3n) is 4.64. The molecule has 2 N–H and O–H groups in total. The van der Waals surface area contributed by atoms with E-state index in [9.17, 15) is 13.2 Å². The molecule has 0 bridgehead atoms. The molecule has 0 spiro atoms. The molecule has 1 fully saturated rings. The molecule has 2 aromatic heterocycles. The number of piperidine rings is 1. The molecule has 2 atom stereocenters. The fourth-order valence-electron chi connectivity index (χ4n) is 3.54. The van der Waals surface area contributed by atoms with Crippen LogP contribution in [0.5, 0.6) is 0 Å². The summed E-state index contributed by atoms with van der Waals surface area (Å²) in [6, 6.07) is 4.61. The minimum Gasteiger partial charge on any atom is -0.465 e. The maximum atomic E-state index is 13.4. The van der Waals surface area contributed by atoms with Gasteiger partial charge < -0.3 is 20.0 Å². The van der Waals surface area contributed by atoms with Gasteiger partial charge >= 0.3 is 6.18 Å². The molecule has 1 aliphatic rings. The van der Waals surface area contributed by atoms with Crippen LogP contribution in [0, 0.1) is 18.8 Å². The van der Waals surface area contributed by atoms with E-state index >= 15 is 0 Å². The Balaban J connectivity index is 1.77. The second-order valence-corrected chi connectivity index (χ2v) is 8.01. The normalized spacial score (nSPS) is 19.9. The Bertz CT molecular complexity index is 860. The Hall–Kier alpha value is -2.36. The van der Waals surface area contributed by atoms with Crippen LogP contribution in [-0.4, -0.2) is 28.2 Å². The summed E-state index contributed by atoms with van der Waals surface area (Å²) in [5, 5.41) is 5.66. The van der Waals surface area contributed by atoms with Crippen molar-refractivity contribution < 1.29 is 17.6 Å². The number of aromatic nitrogens is 2. The van der Waals surface area contributed by atoms with Crippen LogP contribution < -0.4 is 15.5 Å². The molecule has 1 saturated heterocycles. The van der Waals surface area contributed by atoms with Crippen LogP contribution in [0.4, 0.5) is 24.9 Å². The van der Waals surface area contributed by atoms with Gasteiger partial charge in [-0.05, 0) is 49.5 Å². The Morgan fingerprint density at radius 1 is 1.24 bits per heavy atom. The largest absolute Gasteiger partial charge is 0.465 e. The maximum absolute atomic E-state index is 13.4. The number of rotatable bonds is 4. The van der Waals surface area contributed by atoms with Gasteiger partial charge in [0.15, 0.2) is 10.8 Å². The Kier molecular flexibility index (Phi) is 6.30. The minimum absolute atomic E-state index is 0.115. The van der Waals surface area contributed by atoms with Crippen molar-refractivity contribution in [2.45, 2.75) is 39.9 Å². The lowest BCUT2D eigenvalue weighted by molar-refractivity contribution is -0.141. The van der Waals surface area contributed by atoms with E-state index in [2.05, 4.69) is 34.4 Å². The highest BCUT2D eigenvalue weighted by Crippen LogP contribution is 2.32. The average molecular weight is 427 g/mol. The summed E-state index contributed by atoms with van der Waals surface area (Å²) in [7, 11) is 0. The van der Waals surface area contributed by atoms with E-state index < -0.39 is 11.9 Å². The first-order valence-electron chi connectivity index (χ1n) is 9.41. The molecule has 158 valence electrons. The monoisotopic (exact) mass is 427 g/mol. The number of furan rings is 1.